The number of allylic oxidation sites excluding steroid dienone is 1. The first kappa shape index (κ1) is 15.7. The highest BCUT2D eigenvalue weighted by atomic mass is 16.3. The number of anilines is 1. The smallest absolute Gasteiger partial charge is 0.275 e. The number of rotatable bonds is 4. The van der Waals surface area contributed by atoms with Crippen molar-refractivity contribution in [1.82, 2.24) is 9.97 Å². The average molecular weight is 342 g/mol. The van der Waals surface area contributed by atoms with E-state index in [0.717, 1.165) is 21.7 Å². The SMILES string of the molecule is C=C(C=N)c1ccc2cnc(NC(=O)c3cc4ccoc4cn3)cc2c1. The first-order valence-corrected chi connectivity index (χ1v) is 7.88. The number of benzene rings is 1. The predicted octanol–water partition coefficient (Wildman–Crippen LogP) is 4.29. The fraction of sp³-hybridized carbons (Fsp3) is 0. The Kier molecular flexibility index (Phi) is 3.78. The molecular formula is C20H14N4O2. The lowest BCUT2D eigenvalue weighted by Gasteiger charge is -2.07. The van der Waals surface area contributed by atoms with Crippen LogP contribution in [-0.2, 0) is 0 Å². The molecule has 0 radical (unpaired) electrons. The first-order chi connectivity index (χ1) is 12.6. The molecule has 6 nitrogen and oxygen atoms in total. The van der Waals surface area contributed by atoms with Gasteiger partial charge >= 0.3 is 0 Å². The molecule has 0 fully saturated rings. The Hall–Kier alpha value is -3.80. The number of hydrogen-bond acceptors (Lipinski definition) is 5. The summed E-state index contributed by atoms with van der Waals surface area (Å²) >= 11 is 0. The van der Waals surface area contributed by atoms with Crippen LogP contribution in [0.3, 0.4) is 0 Å². The van der Waals surface area contributed by atoms with E-state index in [-0.39, 0.29) is 11.6 Å². The Labute approximate surface area is 148 Å². The van der Waals surface area contributed by atoms with Crippen LogP contribution in [0.1, 0.15) is 16.1 Å². The van der Waals surface area contributed by atoms with Crippen LogP contribution in [0.5, 0.6) is 0 Å². The van der Waals surface area contributed by atoms with Gasteiger partial charge in [-0.2, -0.15) is 0 Å². The first-order valence-electron chi connectivity index (χ1n) is 7.88. The van der Waals surface area contributed by atoms with E-state index in [9.17, 15) is 4.79 Å². The van der Waals surface area contributed by atoms with Crippen LogP contribution >= 0.6 is 0 Å². The maximum absolute atomic E-state index is 12.4. The van der Waals surface area contributed by atoms with Crippen molar-refractivity contribution in [2.45, 2.75) is 0 Å². The monoisotopic (exact) mass is 342 g/mol. The van der Waals surface area contributed by atoms with Gasteiger partial charge in [0.25, 0.3) is 5.91 Å². The van der Waals surface area contributed by atoms with E-state index < -0.39 is 0 Å². The molecule has 4 aromatic rings. The van der Waals surface area contributed by atoms with E-state index >= 15 is 0 Å². The Bertz CT molecular complexity index is 1180. The molecule has 0 spiro atoms. The van der Waals surface area contributed by atoms with Crippen LogP contribution in [0.25, 0.3) is 27.3 Å². The number of aromatic nitrogens is 2. The molecular weight excluding hydrogens is 328 g/mol. The van der Waals surface area contributed by atoms with E-state index in [1.54, 1.807) is 30.7 Å². The van der Waals surface area contributed by atoms with Crippen LogP contribution < -0.4 is 5.32 Å². The summed E-state index contributed by atoms with van der Waals surface area (Å²) in [5.41, 5.74) is 2.38. The zero-order chi connectivity index (χ0) is 18.1. The van der Waals surface area contributed by atoms with Crippen molar-refractivity contribution < 1.29 is 9.21 Å². The van der Waals surface area contributed by atoms with Gasteiger partial charge in [-0.3, -0.25) is 4.79 Å². The van der Waals surface area contributed by atoms with E-state index in [2.05, 4.69) is 21.9 Å². The minimum absolute atomic E-state index is 0.284. The predicted molar refractivity (Wildman–Crippen MR) is 102 cm³/mol. The standard InChI is InChI=1S/C20H14N4O2/c1-12(9-21)13-2-3-15-10-23-19(8-16(15)6-13)24-20(25)17-7-14-4-5-26-18(14)11-22-17/h2-11,21H,1H2,(H,23,24,25). The lowest BCUT2D eigenvalue weighted by Crippen LogP contribution is -2.14. The van der Waals surface area contributed by atoms with Crippen LogP contribution in [-0.4, -0.2) is 22.1 Å². The molecule has 1 amide bonds. The minimum Gasteiger partial charge on any atom is -0.463 e. The Balaban J connectivity index is 1.64. The highest BCUT2D eigenvalue weighted by Crippen LogP contribution is 2.22. The summed E-state index contributed by atoms with van der Waals surface area (Å²) in [6.07, 6.45) is 5.98. The van der Waals surface area contributed by atoms with Crippen molar-refractivity contribution in [3.63, 3.8) is 0 Å². The van der Waals surface area contributed by atoms with Gasteiger partial charge in [0.2, 0.25) is 0 Å². The number of nitrogens with one attached hydrogen (secondary N) is 2. The normalized spacial score (nSPS) is 10.8. The number of nitrogens with zero attached hydrogens (tertiary/aromatic N) is 2. The second-order valence-corrected chi connectivity index (χ2v) is 5.78. The largest absolute Gasteiger partial charge is 0.463 e. The third kappa shape index (κ3) is 2.84. The molecule has 3 aromatic heterocycles. The van der Waals surface area contributed by atoms with Crippen LogP contribution in [0.15, 0.2) is 66.1 Å². The number of hydrogen-bond donors (Lipinski definition) is 2. The maximum atomic E-state index is 12.4. The molecule has 6 heteroatoms. The molecule has 1 aromatic carbocycles. The van der Waals surface area contributed by atoms with Crippen molar-refractivity contribution in [2.24, 2.45) is 0 Å². The molecule has 4 rings (SSSR count). The zero-order valence-corrected chi connectivity index (χ0v) is 13.7. The second-order valence-electron chi connectivity index (χ2n) is 5.78. The van der Waals surface area contributed by atoms with Gasteiger partial charge in [0.1, 0.15) is 11.5 Å². The fourth-order valence-corrected chi connectivity index (χ4v) is 2.66. The molecule has 126 valence electrons. The summed E-state index contributed by atoms with van der Waals surface area (Å²) in [4.78, 5) is 20.8. The average Bonchev–Trinajstić information content (AvgIpc) is 3.14. The number of fused-ring (bicyclic) bond motifs is 2. The Morgan fingerprint density at radius 2 is 1.96 bits per heavy atom. The van der Waals surface area contributed by atoms with Gasteiger partial charge in [0.15, 0.2) is 5.58 Å². The molecule has 2 N–H and O–H groups in total. The summed E-state index contributed by atoms with van der Waals surface area (Å²) in [5, 5.41) is 12.7. The molecule has 0 unspecified atom stereocenters. The summed E-state index contributed by atoms with van der Waals surface area (Å²) in [7, 11) is 0. The topological polar surface area (TPSA) is 91.9 Å². The highest BCUT2D eigenvalue weighted by Gasteiger charge is 2.11. The number of carbonyl (C=O) groups excluding carboxylic acids is 1. The molecule has 3 heterocycles. The van der Waals surface area contributed by atoms with Gasteiger partial charge in [-0.15, -0.1) is 0 Å². The van der Waals surface area contributed by atoms with Gasteiger partial charge in [-0.1, -0.05) is 18.7 Å². The molecule has 0 atom stereocenters. The summed E-state index contributed by atoms with van der Waals surface area (Å²) in [6, 6.07) is 10.9. The second kappa shape index (κ2) is 6.25. The number of furan rings is 1. The van der Waals surface area contributed by atoms with Crippen LogP contribution in [0.4, 0.5) is 5.82 Å². The lowest BCUT2D eigenvalue weighted by atomic mass is 10.0. The lowest BCUT2D eigenvalue weighted by molar-refractivity contribution is 0.102. The van der Waals surface area contributed by atoms with Gasteiger partial charge in [0, 0.05) is 23.2 Å². The molecule has 0 saturated heterocycles. The van der Waals surface area contributed by atoms with Crippen LogP contribution in [0, 0.1) is 5.41 Å². The minimum atomic E-state index is -0.347. The molecule has 0 saturated carbocycles. The third-order valence-electron chi connectivity index (χ3n) is 4.08. The van der Waals surface area contributed by atoms with Crippen molar-refractivity contribution in [3.05, 3.63) is 72.9 Å². The molecule has 0 aliphatic heterocycles. The van der Waals surface area contributed by atoms with Gasteiger partial charge in [0.05, 0.1) is 12.5 Å². The van der Waals surface area contributed by atoms with E-state index in [0.29, 0.717) is 17.0 Å². The molecule has 0 aliphatic rings. The quantitative estimate of drug-likeness (QED) is 0.541. The van der Waals surface area contributed by atoms with Crippen LogP contribution in [0.2, 0.25) is 0 Å². The van der Waals surface area contributed by atoms with Gasteiger partial charge < -0.3 is 15.1 Å². The summed E-state index contributed by atoms with van der Waals surface area (Å²) in [5.74, 6) is 0.0780. The number of amides is 1. The molecule has 26 heavy (non-hydrogen) atoms. The Morgan fingerprint density at radius 1 is 1.08 bits per heavy atom. The fourth-order valence-electron chi connectivity index (χ4n) is 2.66. The van der Waals surface area contributed by atoms with E-state index in [4.69, 9.17) is 9.83 Å². The number of carbonyl (C=O) groups is 1. The zero-order valence-electron chi connectivity index (χ0n) is 13.7. The molecule has 0 aliphatic carbocycles. The molecule has 0 bridgehead atoms. The summed E-state index contributed by atoms with van der Waals surface area (Å²) in [6.45, 7) is 3.84. The van der Waals surface area contributed by atoms with Crippen molar-refractivity contribution in [2.75, 3.05) is 5.32 Å². The van der Waals surface area contributed by atoms with Crippen molar-refractivity contribution in [3.8, 4) is 0 Å². The van der Waals surface area contributed by atoms with E-state index in [1.807, 2.05) is 18.2 Å². The third-order valence-corrected chi connectivity index (χ3v) is 4.08. The Morgan fingerprint density at radius 3 is 2.81 bits per heavy atom. The van der Waals surface area contributed by atoms with E-state index in [1.165, 1.54) is 12.4 Å². The van der Waals surface area contributed by atoms with Gasteiger partial charge in [-0.25, -0.2) is 9.97 Å². The van der Waals surface area contributed by atoms with Crippen molar-refractivity contribution in [1.29, 1.82) is 5.41 Å². The van der Waals surface area contributed by atoms with Gasteiger partial charge in [-0.05, 0) is 40.8 Å². The maximum Gasteiger partial charge on any atom is 0.275 e. The highest BCUT2D eigenvalue weighted by molar-refractivity contribution is 6.09. The summed E-state index contributed by atoms with van der Waals surface area (Å²) < 4.78 is 5.23. The van der Waals surface area contributed by atoms with Crippen molar-refractivity contribution >= 4 is 45.3 Å². The number of pyridine rings is 2.